The summed E-state index contributed by atoms with van der Waals surface area (Å²) >= 11 is 0. The van der Waals surface area contributed by atoms with Crippen LogP contribution >= 0.6 is 15.6 Å². The molecule has 0 aromatic heterocycles. The smallest absolute Gasteiger partial charge is 0.322 e. The lowest BCUT2D eigenvalue weighted by molar-refractivity contribution is 0.146. The first kappa shape index (κ1) is 23.4. The van der Waals surface area contributed by atoms with Crippen molar-refractivity contribution < 1.29 is 28.5 Å². The standard InChI is InChI=1S/C16H28O6P2/c1-13(2)7-5-8-14(3)9-6-10-15(4)11-16(24(19,20)21)22-12-23(17)18/h7,9,11,16H,5-6,8,10,12H2,1-4H3,(H2-,17,18,19,20,21)/p+1. The second kappa shape index (κ2) is 11.9. The van der Waals surface area contributed by atoms with Crippen molar-refractivity contribution in [1.29, 1.82) is 0 Å². The fourth-order valence-electron chi connectivity index (χ4n) is 1.95. The van der Waals surface area contributed by atoms with Crippen molar-refractivity contribution >= 4 is 15.6 Å². The molecule has 0 heterocycles. The molecule has 3 N–H and O–H groups in total. The van der Waals surface area contributed by atoms with Crippen LogP contribution in [0.25, 0.3) is 0 Å². The third-order valence-corrected chi connectivity index (χ3v) is 4.57. The van der Waals surface area contributed by atoms with Gasteiger partial charge in [-0.05, 0) is 64.0 Å². The van der Waals surface area contributed by atoms with Crippen LogP contribution < -0.4 is 0 Å². The molecule has 2 atom stereocenters. The van der Waals surface area contributed by atoms with E-state index in [0.29, 0.717) is 6.42 Å². The Balaban J connectivity index is 4.56. The summed E-state index contributed by atoms with van der Waals surface area (Å²) in [6.45, 7) is 7.97. The van der Waals surface area contributed by atoms with Gasteiger partial charge in [-0.3, -0.25) is 4.57 Å². The van der Waals surface area contributed by atoms with E-state index in [9.17, 15) is 18.9 Å². The van der Waals surface area contributed by atoms with Crippen LogP contribution in [0.4, 0.5) is 0 Å². The molecule has 24 heavy (non-hydrogen) atoms. The Bertz CT molecular complexity index is 541. The zero-order valence-corrected chi connectivity index (χ0v) is 16.6. The highest BCUT2D eigenvalue weighted by molar-refractivity contribution is 7.52. The van der Waals surface area contributed by atoms with Gasteiger partial charge in [0.05, 0.1) is 0 Å². The predicted molar refractivity (Wildman–Crippen MR) is 97.0 cm³/mol. The first-order chi connectivity index (χ1) is 11.0. The van der Waals surface area contributed by atoms with Gasteiger partial charge in [0.25, 0.3) is 6.35 Å². The molecule has 0 saturated carbocycles. The van der Waals surface area contributed by atoms with Gasteiger partial charge >= 0.3 is 15.6 Å². The van der Waals surface area contributed by atoms with Crippen molar-refractivity contribution in [3.63, 3.8) is 0 Å². The third-order valence-electron chi connectivity index (χ3n) is 3.24. The Morgan fingerprint density at radius 2 is 1.62 bits per heavy atom. The molecular formula is C16H29O6P2+. The van der Waals surface area contributed by atoms with Crippen LogP contribution in [0.15, 0.2) is 34.9 Å². The lowest BCUT2D eigenvalue weighted by Gasteiger charge is -2.14. The van der Waals surface area contributed by atoms with Crippen molar-refractivity contribution in [2.45, 2.75) is 59.2 Å². The molecule has 0 aliphatic heterocycles. The van der Waals surface area contributed by atoms with E-state index in [2.05, 4.69) is 32.9 Å². The molecule has 138 valence electrons. The number of ether oxygens (including phenoxy) is 1. The molecule has 0 amide bonds. The van der Waals surface area contributed by atoms with Crippen LogP contribution in [-0.2, 0) is 13.9 Å². The van der Waals surface area contributed by atoms with Crippen molar-refractivity contribution in [2.75, 3.05) is 6.35 Å². The lowest BCUT2D eigenvalue weighted by Crippen LogP contribution is -2.11. The van der Waals surface area contributed by atoms with Gasteiger partial charge in [0.1, 0.15) is 0 Å². The quantitative estimate of drug-likeness (QED) is 0.357. The maximum atomic E-state index is 11.4. The fourth-order valence-corrected chi connectivity index (χ4v) is 3.07. The minimum Gasteiger partial charge on any atom is -0.322 e. The number of rotatable bonds is 11. The Morgan fingerprint density at radius 1 is 1.08 bits per heavy atom. The monoisotopic (exact) mass is 379 g/mol. The van der Waals surface area contributed by atoms with Gasteiger partial charge < -0.3 is 14.5 Å². The van der Waals surface area contributed by atoms with Gasteiger partial charge in [-0.2, -0.15) is 4.89 Å². The molecule has 0 aromatic carbocycles. The van der Waals surface area contributed by atoms with Gasteiger partial charge in [0.15, 0.2) is 5.85 Å². The summed E-state index contributed by atoms with van der Waals surface area (Å²) in [5.41, 5.74) is 3.35. The van der Waals surface area contributed by atoms with Crippen molar-refractivity contribution in [1.82, 2.24) is 0 Å². The predicted octanol–water partition coefficient (Wildman–Crippen LogP) is 4.62. The highest BCUT2D eigenvalue weighted by Crippen LogP contribution is 2.44. The van der Waals surface area contributed by atoms with E-state index in [0.717, 1.165) is 24.8 Å². The minimum atomic E-state index is -4.52. The van der Waals surface area contributed by atoms with E-state index in [1.54, 1.807) is 6.92 Å². The fraction of sp³-hybridized carbons (Fsp3) is 0.625. The second-order valence-corrected chi connectivity index (χ2v) is 8.70. The zero-order valence-electron chi connectivity index (χ0n) is 14.8. The van der Waals surface area contributed by atoms with E-state index in [-0.39, 0.29) is 0 Å². The summed E-state index contributed by atoms with van der Waals surface area (Å²) in [7, 11) is -7.12. The van der Waals surface area contributed by atoms with E-state index in [4.69, 9.17) is 9.63 Å². The van der Waals surface area contributed by atoms with Crippen LogP contribution in [0, 0.1) is 0 Å². The summed E-state index contributed by atoms with van der Waals surface area (Å²) in [5, 5.41) is 0. The summed E-state index contributed by atoms with van der Waals surface area (Å²) in [5.74, 6) is -1.48. The lowest BCUT2D eigenvalue weighted by atomic mass is 10.1. The molecule has 0 aliphatic carbocycles. The Morgan fingerprint density at radius 3 is 2.12 bits per heavy atom. The average Bonchev–Trinajstić information content (AvgIpc) is 2.41. The normalized spacial score (nSPS) is 15.2. The van der Waals surface area contributed by atoms with Crippen LogP contribution in [0.5, 0.6) is 0 Å². The maximum Gasteiger partial charge on any atom is 0.534 e. The summed E-state index contributed by atoms with van der Waals surface area (Å²) < 4.78 is 26.8. The molecule has 0 fully saturated rings. The minimum absolute atomic E-state index is 0.599. The van der Waals surface area contributed by atoms with Gasteiger partial charge in [-0.25, -0.2) is 0 Å². The van der Waals surface area contributed by atoms with E-state index < -0.39 is 27.8 Å². The van der Waals surface area contributed by atoms with Crippen LogP contribution in [0.1, 0.15) is 53.4 Å². The molecule has 0 spiro atoms. The van der Waals surface area contributed by atoms with Crippen molar-refractivity contribution in [2.24, 2.45) is 0 Å². The van der Waals surface area contributed by atoms with Crippen molar-refractivity contribution in [3.8, 4) is 0 Å². The van der Waals surface area contributed by atoms with Crippen LogP contribution in [0.2, 0.25) is 0 Å². The Hall–Kier alpha value is -0.610. The molecule has 0 radical (unpaired) electrons. The molecular weight excluding hydrogens is 350 g/mol. The number of hydrogen-bond acceptors (Lipinski definition) is 3. The highest BCUT2D eigenvalue weighted by Gasteiger charge is 2.30. The maximum absolute atomic E-state index is 11.4. The van der Waals surface area contributed by atoms with Gasteiger partial charge in [-0.15, -0.1) is 0 Å². The molecule has 0 saturated heterocycles. The first-order valence-electron chi connectivity index (χ1n) is 7.79. The number of hydrogen-bond donors (Lipinski definition) is 3. The molecule has 0 rings (SSSR count). The highest BCUT2D eigenvalue weighted by atomic mass is 31.2. The molecule has 0 bridgehead atoms. The number of allylic oxidation sites excluding steroid dienone is 5. The first-order valence-corrected chi connectivity index (χ1v) is 10.9. The van der Waals surface area contributed by atoms with Gasteiger partial charge in [-0.1, -0.05) is 28.9 Å². The largest absolute Gasteiger partial charge is 0.534 e. The second-order valence-electron chi connectivity index (χ2n) is 6.05. The summed E-state index contributed by atoms with van der Waals surface area (Å²) in [4.78, 5) is 27.2. The molecule has 0 aliphatic rings. The van der Waals surface area contributed by atoms with E-state index >= 15 is 0 Å². The molecule has 6 nitrogen and oxygen atoms in total. The third kappa shape index (κ3) is 12.8. The Kier molecular flexibility index (Phi) is 11.6. The van der Waals surface area contributed by atoms with E-state index in [1.807, 2.05) is 0 Å². The Labute approximate surface area is 145 Å². The average molecular weight is 379 g/mol. The van der Waals surface area contributed by atoms with E-state index in [1.165, 1.54) is 17.2 Å². The molecule has 0 aromatic rings. The van der Waals surface area contributed by atoms with Crippen molar-refractivity contribution in [3.05, 3.63) is 34.9 Å². The van der Waals surface area contributed by atoms with Crippen LogP contribution in [-0.4, -0.2) is 26.9 Å². The topological polar surface area (TPSA) is 104 Å². The summed E-state index contributed by atoms with van der Waals surface area (Å²) in [6.07, 6.45) is 8.46. The van der Waals surface area contributed by atoms with Gasteiger partial charge in [0, 0.05) is 0 Å². The summed E-state index contributed by atoms with van der Waals surface area (Å²) in [6, 6.07) is 0. The molecule has 2 unspecified atom stereocenters. The molecule has 8 heteroatoms. The zero-order chi connectivity index (χ0) is 18.8. The van der Waals surface area contributed by atoms with Crippen LogP contribution in [0.3, 0.4) is 0 Å². The SMILES string of the molecule is CC(C)=CCCC(C)=CCCC(C)=CC(OC[P+](=O)O)P(=O)(O)O. The van der Waals surface area contributed by atoms with Gasteiger partial charge in [0.2, 0.25) is 0 Å².